The van der Waals surface area contributed by atoms with Crippen molar-refractivity contribution in [1.29, 1.82) is 0 Å². The van der Waals surface area contributed by atoms with Gasteiger partial charge in [-0.1, -0.05) is 30.3 Å². The number of nitrogens with one attached hydrogen (secondary N) is 1. The van der Waals surface area contributed by atoms with E-state index < -0.39 is 18.0 Å². The number of benzene rings is 2. The third kappa shape index (κ3) is 6.05. The fourth-order valence-electron chi connectivity index (χ4n) is 2.70. The van der Waals surface area contributed by atoms with Gasteiger partial charge < -0.3 is 15.0 Å². The number of amides is 2. The maximum absolute atomic E-state index is 12.8. The van der Waals surface area contributed by atoms with Crippen LogP contribution in [0, 0.1) is 6.92 Å². The molecule has 0 saturated carbocycles. The van der Waals surface area contributed by atoms with Crippen LogP contribution in [0.25, 0.3) is 10.6 Å². The number of rotatable bonds is 6. The zero-order valence-corrected chi connectivity index (χ0v) is 17.4. The molecule has 0 bridgehead atoms. The molecule has 0 aliphatic carbocycles. The maximum atomic E-state index is 12.8. The van der Waals surface area contributed by atoms with Gasteiger partial charge in [0.25, 0.3) is 5.91 Å². The molecule has 2 amide bonds. The number of nitrogens with zero attached hydrogens (tertiary/aromatic N) is 2. The van der Waals surface area contributed by atoms with Crippen molar-refractivity contribution >= 4 is 28.8 Å². The Kier molecular flexibility index (Phi) is 6.59. The molecule has 0 spiro atoms. The van der Waals surface area contributed by atoms with Crippen molar-refractivity contribution in [3.63, 3.8) is 0 Å². The third-order valence-corrected chi connectivity index (χ3v) is 5.31. The van der Waals surface area contributed by atoms with Gasteiger partial charge in [-0.2, -0.15) is 0 Å². The Bertz CT molecular complexity index is 1070. The highest BCUT2D eigenvalue weighted by molar-refractivity contribution is 7.17. The van der Waals surface area contributed by atoms with Gasteiger partial charge in [0, 0.05) is 18.3 Å². The van der Waals surface area contributed by atoms with E-state index in [0.717, 1.165) is 17.7 Å². The number of alkyl halides is 3. The fourth-order valence-corrected chi connectivity index (χ4v) is 3.77. The van der Waals surface area contributed by atoms with Crippen molar-refractivity contribution in [3.8, 4) is 16.3 Å². The zero-order valence-electron chi connectivity index (χ0n) is 16.6. The summed E-state index contributed by atoms with van der Waals surface area (Å²) < 4.78 is 40.4. The molecule has 0 radical (unpaired) electrons. The van der Waals surface area contributed by atoms with Crippen molar-refractivity contribution in [1.82, 2.24) is 9.88 Å². The number of aryl methyl sites for hydroxylation is 1. The number of thiazole rings is 1. The number of anilines is 1. The molecule has 1 N–H and O–H groups in total. The minimum Gasteiger partial charge on any atom is -0.406 e. The monoisotopic (exact) mass is 449 g/mol. The minimum absolute atomic E-state index is 0.238. The average Bonchev–Trinajstić information content (AvgIpc) is 3.10. The number of aromatic nitrogens is 1. The van der Waals surface area contributed by atoms with E-state index in [1.54, 1.807) is 6.92 Å². The molecule has 0 fully saturated rings. The van der Waals surface area contributed by atoms with Crippen LogP contribution in [0.2, 0.25) is 0 Å². The molecule has 6 nitrogen and oxygen atoms in total. The second kappa shape index (κ2) is 9.17. The highest BCUT2D eigenvalue weighted by Crippen LogP contribution is 2.28. The van der Waals surface area contributed by atoms with E-state index in [4.69, 9.17) is 0 Å². The third-order valence-electron chi connectivity index (χ3n) is 4.11. The van der Waals surface area contributed by atoms with Crippen LogP contribution in [0.3, 0.4) is 0 Å². The molecule has 31 heavy (non-hydrogen) atoms. The quantitative estimate of drug-likeness (QED) is 0.591. The molecule has 3 rings (SSSR count). The number of carbonyl (C=O) groups excluding carboxylic acids is 2. The minimum atomic E-state index is -4.79. The van der Waals surface area contributed by atoms with Crippen LogP contribution < -0.4 is 10.1 Å². The van der Waals surface area contributed by atoms with Gasteiger partial charge in [-0.25, -0.2) is 4.98 Å². The summed E-state index contributed by atoms with van der Waals surface area (Å²) in [5, 5.41) is 3.24. The number of carbonyl (C=O) groups is 2. The SMILES string of the molecule is Cc1nc(-c2ccccc2)sc1C(=O)N(C)CC(=O)Nc1ccc(OC(F)(F)F)cc1. The summed E-state index contributed by atoms with van der Waals surface area (Å²) in [5.74, 6) is -1.24. The van der Waals surface area contributed by atoms with Crippen molar-refractivity contribution in [2.75, 3.05) is 18.9 Å². The average molecular weight is 449 g/mol. The first-order valence-electron chi connectivity index (χ1n) is 9.06. The molecule has 1 aromatic heterocycles. The number of halogens is 3. The summed E-state index contributed by atoms with van der Waals surface area (Å²) in [6, 6.07) is 14.2. The van der Waals surface area contributed by atoms with Gasteiger partial charge in [0.2, 0.25) is 5.91 Å². The van der Waals surface area contributed by atoms with Crippen molar-refractivity contribution < 1.29 is 27.5 Å². The predicted octanol–water partition coefficient (Wildman–Crippen LogP) is 4.73. The lowest BCUT2D eigenvalue weighted by molar-refractivity contribution is -0.274. The van der Waals surface area contributed by atoms with Crippen molar-refractivity contribution in [3.05, 3.63) is 65.2 Å². The molecule has 0 atom stereocenters. The van der Waals surface area contributed by atoms with E-state index in [1.807, 2.05) is 30.3 Å². The van der Waals surface area contributed by atoms with Gasteiger partial charge in [0.05, 0.1) is 12.2 Å². The van der Waals surface area contributed by atoms with Gasteiger partial charge in [-0.15, -0.1) is 24.5 Å². The van der Waals surface area contributed by atoms with E-state index in [-0.39, 0.29) is 18.1 Å². The van der Waals surface area contributed by atoms with Gasteiger partial charge in [-0.05, 0) is 31.2 Å². The molecule has 162 valence electrons. The summed E-state index contributed by atoms with van der Waals surface area (Å²) in [6.45, 7) is 1.49. The first-order chi connectivity index (χ1) is 14.6. The van der Waals surface area contributed by atoms with Crippen LogP contribution in [-0.4, -0.2) is 41.7 Å². The lowest BCUT2D eigenvalue weighted by Gasteiger charge is -2.16. The second-order valence-electron chi connectivity index (χ2n) is 6.58. The Hall–Kier alpha value is -3.40. The lowest BCUT2D eigenvalue weighted by Crippen LogP contribution is -2.34. The molecular weight excluding hydrogens is 431 g/mol. The molecule has 2 aromatic carbocycles. The molecule has 3 aromatic rings. The summed E-state index contributed by atoms with van der Waals surface area (Å²) >= 11 is 1.25. The maximum Gasteiger partial charge on any atom is 0.573 e. The number of ether oxygens (including phenoxy) is 1. The molecule has 1 heterocycles. The second-order valence-corrected chi connectivity index (χ2v) is 7.58. The van der Waals surface area contributed by atoms with Crippen LogP contribution >= 0.6 is 11.3 Å². The van der Waals surface area contributed by atoms with E-state index in [2.05, 4.69) is 15.0 Å². The summed E-state index contributed by atoms with van der Waals surface area (Å²) in [5.41, 5.74) is 1.75. The van der Waals surface area contributed by atoms with E-state index in [0.29, 0.717) is 15.6 Å². The zero-order chi connectivity index (χ0) is 22.6. The molecule has 0 aliphatic heterocycles. The van der Waals surface area contributed by atoms with Crippen molar-refractivity contribution in [2.24, 2.45) is 0 Å². The van der Waals surface area contributed by atoms with Crippen LogP contribution in [0.15, 0.2) is 54.6 Å². The first-order valence-corrected chi connectivity index (χ1v) is 9.88. The predicted molar refractivity (Wildman–Crippen MR) is 111 cm³/mol. The molecule has 0 aliphatic rings. The van der Waals surface area contributed by atoms with Gasteiger partial charge in [0.15, 0.2) is 0 Å². The van der Waals surface area contributed by atoms with Crippen LogP contribution in [-0.2, 0) is 4.79 Å². The smallest absolute Gasteiger partial charge is 0.406 e. The standard InChI is InChI=1S/C21H18F3N3O3S/c1-13-18(31-19(25-13)14-6-4-3-5-7-14)20(29)27(2)12-17(28)26-15-8-10-16(11-9-15)30-21(22,23)24/h3-11H,12H2,1-2H3,(H,26,28). The summed E-state index contributed by atoms with van der Waals surface area (Å²) in [4.78, 5) is 31.2. The van der Waals surface area contributed by atoms with Crippen LogP contribution in [0.4, 0.5) is 18.9 Å². The molecular formula is C21H18F3N3O3S. The van der Waals surface area contributed by atoms with E-state index in [9.17, 15) is 22.8 Å². The van der Waals surface area contributed by atoms with Gasteiger partial charge in [-0.3, -0.25) is 9.59 Å². The fraction of sp³-hybridized carbons (Fsp3) is 0.190. The highest BCUT2D eigenvalue weighted by atomic mass is 32.1. The van der Waals surface area contributed by atoms with Crippen LogP contribution in [0.1, 0.15) is 15.4 Å². The lowest BCUT2D eigenvalue weighted by atomic mass is 10.2. The van der Waals surface area contributed by atoms with E-state index >= 15 is 0 Å². The Labute approximate surface area is 180 Å². The topological polar surface area (TPSA) is 71.5 Å². The van der Waals surface area contributed by atoms with Crippen molar-refractivity contribution in [2.45, 2.75) is 13.3 Å². The van der Waals surface area contributed by atoms with Gasteiger partial charge in [0.1, 0.15) is 15.6 Å². The Morgan fingerprint density at radius 3 is 2.35 bits per heavy atom. The Balaban J connectivity index is 1.61. The molecule has 0 unspecified atom stereocenters. The largest absolute Gasteiger partial charge is 0.573 e. The first kappa shape index (κ1) is 22.3. The summed E-state index contributed by atoms with van der Waals surface area (Å²) in [6.07, 6.45) is -4.79. The number of hydrogen-bond donors (Lipinski definition) is 1. The number of hydrogen-bond acceptors (Lipinski definition) is 5. The Morgan fingerprint density at radius 2 is 1.74 bits per heavy atom. The normalized spacial score (nSPS) is 11.1. The van der Waals surface area contributed by atoms with Gasteiger partial charge >= 0.3 is 6.36 Å². The molecule has 10 heteroatoms. The van der Waals surface area contributed by atoms with E-state index in [1.165, 1.54) is 35.4 Å². The van der Waals surface area contributed by atoms with Crippen LogP contribution in [0.5, 0.6) is 5.75 Å². The Morgan fingerprint density at radius 1 is 1.10 bits per heavy atom. The highest BCUT2D eigenvalue weighted by Gasteiger charge is 2.31. The number of likely N-dealkylation sites (N-methyl/N-ethyl adjacent to an activating group) is 1. The molecule has 0 saturated heterocycles. The summed E-state index contributed by atoms with van der Waals surface area (Å²) in [7, 11) is 1.49.